The van der Waals surface area contributed by atoms with Gasteiger partial charge in [-0.05, 0) is 25.5 Å². The molecule has 2 heterocycles. The van der Waals surface area contributed by atoms with Gasteiger partial charge in [0.2, 0.25) is 5.78 Å². The minimum Gasteiger partial charge on any atom is -0.496 e. The lowest BCUT2D eigenvalue weighted by molar-refractivity contribution is 0.101. The van der Waals surface area contributed by atoms with Crippen molar-refractivity contribution in [1.82, 2.24) is 4.98 Å². The van der Waals surface area contributed by atoms with Crippen LogP contribution in [-0.4, -0.2) is 25.0 Å². The second-order valence-corrected chi connectivity index (χ2v) is 5.19. The van der Waals surface area contributed by atoms with Crippen molar-refractivity contribution < 1.29 is 19.0 Å². The average Bonchev–Trinajstić information content (AvgIpc) is 2.98. The van der Waals surface area contributed by atoms with Crippen LogP contribution in [0.3, 0.4) is 0 Å². The van der Waals surface area contributed by atoms with E-state index >= 15 is 0 Å². The standard InChI is InChI=1S/C17H17NO4/c1-9-5-10(2)18-12(9)8-15-17(19)16-13(21-4)6-11(20-3)7-14(16)22-15/h5-8,18H,1-4H3. The van der Waals surface area contributed by atoms with Crippen LogP contribution in [0.5, 0.6) is 17.2 Å². The van der Waals surface area contributed by atoms with E-state index in [1.165, 1.54) is 7.11 Å². The van der Waals surface area contributed by atoms with E-state index in [1.54, 1.807) is 25.3 Å². The number of H-pyrrole nitrogens is 1. The first kappa shape index (κ1) is 14.3. The van der Waals surface area contributed by atoms with Crippen molar-refractivity contribution >= 4 is 11.9 Å². The molecule has 0 saturated heterocycles. The summed E-state index contributed by atoms with van der Waals surface area (Å²) < 4.78 is 16.2. The van der Waals surface area contributed by atoms with Gasteiger partial charge in [-0.1, -0.05) is 0 Å². The molecule has 5 nitrogen and oxygen atoms in total. The van der Waals surface area contributed by atoms with E-state index < -0.39 is 0 Å². The average molecular weight is 299 g/mol. The van der Waals surface area contributed by atoms with Crippen LogP contribution in [0.1, 0.15) is 27.3 Å². The number of aryl methyl sites for hydroxylation is 2. The second-order valence-electron chi connectivity index (χ2n) is 5.19. The number of fused-ring (bicyclic) bond motifs is 1. The largest absolute Gasteiger partial charge is 0.496 e. The van der Waals surface area contributed by atoms with Gasteiger partial charge in [0.25, 0.3) is 0 Å². The van der Waals surface area contributed by atoms with Gasteiger partial charge in [0.15, 0.2) is 5.76 Å². The maximum atomic E-state index is 12.6. The molecule has 0 radical (unpaired) electrons. The lowest BCUT2D eigenvalue weighted by Crippen LogP contribution is -2.00. The Morgan fingerprint density at radius 3 is 2.50 bits per heavy atom. The Balaban J connectivity index is 2.06. The first-order valence-corrected chi connectivity index (χ1v) is 6.90. The summed E-state index contributed by atoms with van der Waals surface area (Å²) in [5, 5.41) is 0. The number of aromatic nitrogens is 1. The Hall–Kier alpha value is -2.69. The van der Waals surface area contributed by atoms with Crippen LogP contribution in [-0.2, 0) is 0 Å². The van der Waals surface area contributed by atoms with Gasteiger partial charge in [-0.3, -0.25) is 4.79 Å². The third kappa shape index (κ3) is 2.24. The number of allylic oxidation sites excluding steroid dienone is 1. The third-order valence-corrected chi connectivity index (χ3v) is 3.63. The minimum absolute atomic E-state index is 0.193. The number of hydrogen-bond donors (Lipinski definition) is 1. The first-order valence-electron chi connectivity index (χ1n) is 6.90. The fraction of sp³-hybridized carbons (Fsp3) is 0.235. The molecule has 0 aliphatic carbocycles. The molecule has 1 aromatic heterocycles. The van der Waals surface area contributed by atoms with Crippen molar-refractivity contribution in [3.63, 3.8) is 0 Å². The van der Waals surface area contributed by atoms with E-state index in [-0.39, 0.29) is 11.5 Å². The number of ketones is 1. The lowest BCUT2D eigenvalue weighted by atomic mass is 10.1. The van der Waals surface area contributed by atoms with E-state index in [0.717, 1.165) is 17.0 Å². The van der Waals surface area contributed by atoms with Crippen LogP contribution in [0.25, 0.3) is 6.08 Å². The predicted molar refractivity (Wildman–Crippen MR) is 82.7 cm³/mol. The summed E-state index contributed by atoms with van der Waals surface area (Å²) in [5.74, 6) is 1.56. The zero-order valence-corrected chi connectivity index (χ0v) is 12.9. The van der Waals surface area contributed by atoms with E-state index in [2.05, 4.69) is 4.98 Å². The Morgan fingerprint density at radius 2 is 1.91 bits per heavy atom. The Bertz CT molecular complexity index is 786. The van der Waals surface area contributed by atoms with Crippen molar-refractivity contribution in [3.8, 4) is 17.2 Å². The van der Waals surface area contributed by atoms with E-state index in [1.807, 2.05) is 19.9 Å². The van der Waals surface area contributed by atoms with E-state index in [0.29, 0.717) is 22.8 Å². The van der Waals surface area contributed by atoms with Gasteiger partial charge < -0.3 is 19.2 Å². The number of nitrogens with one attached hydrogen (secondary N) is 1. The molecule has 1 aliphatic rings. The van der Waals surface area contributed by atoms with Gasteiger partial charge >= 0.3 is 0 Å². The van der Waals surface area contributed by atoms with Crippen LogP contribution in [0.2, 0.25) is 0 Å². The van der Waals surface area contributed by atoms with Crippen molar-refractivity contribution in [3.05, 3.63) is 46.5 Å². The van der Waals surface area contributed by atoms with Gasteiger partial charge in [0.1, 0.15) is 22.8 Å². The molecule has 1 N–H and O–H groups in total. The zero-order valence-electron chi connectivity index (χ0n) is 12.9. The summed E-state index contributed by atoms with van der Waals surface area (Å²) in [5.41, 5.74) is 3.38. The summed E-state index contributed by atoms with van der Waals surface area (Å²) in [4.78, 5) is 15.8. The highest BCUT2D eigenvalue weighted by atomic mass is 16.5. The smallest absolute Gasteiger partial charge is 0.235 e. The molecule has 22 heavy (non-hydrogen) atoms. The van der Waals surface area contributed by atoms with Crippen LogP contribution >= 0.6 is 0 Å². The maximum Gasteiger partial charge on any atom is 0.235 e. The number of benzene rings is 1. The van der Waals surface area contributed by atoms with E-state index in [4.69, 9.17) is 14.2 Å². The molecule has 3 rings (SSSR count). The molecular formula is C17H17NO4. The van der Waals surface area contributed by atoms with Gasteiger partial charge in [0, 0.05) is 29.6 Å². The number of carbonyl (C=O) groups excluding carboxylic acids is 1. The number of Topliss-reactive ketones (excluding diaryl/α,β-unsaturated/α-hetero) is 1. The topological polar surface area (TPSA) is 60.6 Å². The molecule has 2 aromatic rings. The highest BCUT2D eigenvalue weighted by Gasteiger charge is 2.32. The first-order chi connectivity index (χ1) is 10.5. The number of carbonyl (C=O) groups is 1. The van der Waals surface area contributed by atoms with Crippen molar-refractivity contribution in [2.75, 3.05) is 14.2 Å². The lowest BCUT2D eigenvalue weighted by Gasteiger charge is -2.07. The van der Waals surface area contributed by atoms with Gasteiger partial charge in [-0.2, -0.15) is 0 Å². The van der Waals surface area contributed by atoms with Crippen LogP contribution < -0.4 is 14.2 Å². The molecule has 1 aromatic carbocycles. The summed E-state index contributed by atoms with van der Waals surface area (Å²) >= 11 is 0. The maximum absolute atomic E-state index is 12.6. The molecule has 0 bridgehead atoms. The molecule has 0 spiro atoms. The molecular weight excluding hydrogens is 282 g/mol. The number of ether oxygens (including phenoxy) is 3. The Kier molecular flexibility index (Phi) is 3.41. The van der Waals surface area contributed by atoms with E-state index in [9.17, 15) is 4.79 Å². The normalized spacial score (nSPS) is 14.9. The predicted octanol–water partition coefficient (Wildman–Crippen LogP) is 3.26. The number of aromatic amines is 1. The van der Waals surface area contributed by atoms with Crippen molar-refractivity contribution in [1.29, 1.82) is 0 Å². The summed E-state index contributed by atoms with van der Waals surface area (Å²) in [6.45, 7) is 3.95. The highest BCUT2D eigenvalue weighted by Crippen LogP contribution is 2.41. The number of methoxy groups -OCH3 is 2. The quantitative estimate of drug-likeness (QED) is 0.884. The summed E-state index contributed by atoms with van der Waals surface area (Å²) in [6.07, 6.45) is 1.72. The van der Waals surface area contributed by atoms with Crippen LogP contribution in [0.15, 0.2) is 24.0 Å². The summed E-state index contributed by atoms with van der Waals surface area (Å²) in [7, 11) is 3.07. The molecule has 1 aliphatic heterocycles. The fourth-order valence-electron chi connectivity index (χ4n) is 2.56. The molecule has 0 saturated carbocycles. The fourth-order valence-corrected chi connectivity index (χ4v) is 2.56. The third-order valence-electron chi connectivity index (χ3n) is 3.63. The SMILES string of the molecule is COc1cc(OC)c2c(c1)OC(=Cc1[nH]c(C)cc1C)C2=O. The molecule has 0 unspecified atom stereocenters. The monoisotopic (exact) mass is 299 g/mol. The zero-order chi connectivity index (χ0) is 15.9. The van der Waals surface area contributed by atoms with Gasteiger partial charge in [-0.25, -0.2) is 0 Å². The molecule has 0 atom stereocenters. The van der Waals surface area contributed by atoms with Gasteiger partial charge in [-0.15, -0.1) is 0 Å². The highest BCUT2D eigenvalue weighted by molar-refractivity contribution is 6.16. The molecule has 0 fully saturated rings. The van der Waals surface area contributed by atoms with Gasteiger partial charge in [0.05, 0.1) is 14.2 Å². The summed E-state index contributed by atoms with van der Waals surface area (Å²) in [6, 6.07) is 5.37. The van der Waals surface area contributed by atoms with Crippen molar-refractivity contribution in [2.45, 2.75) is 13.8 Å². The molecule has 114 valence electrons. The van der Waals surface area contributed by atoms with Crippen LogP contribution in [0.4, 0.5) is 0 Å². The molecule has 5 heteroatoms. The minimum atomic E-state index is -0.193. The molecule has 0 amide bonds. The van der Waals surface area contributed by atoms with Crippen molar-refractivity contribution in [2.24, 2.45) is 0 Å². The number of rotatable bonds is 3. The Labute approximate surface area is 128 Å². The second kappa shape index (κ2) is 5.26. The Morgan fingerprint density at radius 1 is 1.14 bits per heavy atom. The van der Waals surface area contributed by atoms with Crippen LogP contribution in [0, 0.1) is 13.8 Å². The number of hydrogen-bond acceptors (Lipinski definition) is 4.